The molecule has 156 valence electrons. The number of hydrogen-bond acceptors (Lipinski definition) is 10. The van der Waals surface area contributed by atoms with Gasteiger partial charge in [0.15, 0.2) is 21.6 Å². The maximum atomic E-state index is 6.07. The highest BCUT2D eigenvalue weighted by Gasteiger charge is 2.25. The number of nitrogens with two attached hydrogens (primary N) is 1. The molecule has 0 radical (unpaired) electrons. The first kappa shape index (κ1) is 19.1. The van der Waals surface area contributed by atoms with Crippen LogP contribution in [0.2, 0.25) is 0 Å². The van der Waals surface area contributed by atoms with E-state index < -0.39 is 0 Å². The number of rotatable bonds is 6. The number of aryl methyl sites for hydroxylation is 1. The summed E-state index contributed by atoms with van der Waals surface area (Å²) in [5, 5.41) is 2.17. The molecule has 1 aromatic carbocycles. The van der Waals surface area contributed by atoms with Crippen LogP contribution in [0.4, 0.5) is 5.13 Å². The molecule has 3 aromatic heterocycles. The molecule has 0 aliphatic carbocycles. The van der Waals surface area contributed by atoms with Crippen LogP contribution in [0.3, 0.4) is 0 Å². The third kappa shape index (κ3) is 3.34. The summed E-state index contributed by atoms with van der Waals surface area (Å²) in [5.74, 6) is 1.92. The quantitative estimate of drug-likeness (QED) is 0.458. The predicted octanol–water partition coefficient (Wildman–Crippen LogP) is 3.81. The number of methoxy groups -OCH3 is 2. The molecule has 4 heterocycles. The Morgan fingerprint density at radius 3 is 2.83 bits per heavy atom. The van der Waals surface area contributed by atoms with Gasteiger partial charge in [-0.25, -0.2) is 14.6 Å². The van der Waals surface area contributed by atoms with Crippen molar-refractivity contribution in [2.75, 3.05) is 25.4 Å². The lowest BCUT2D eigenvalue weighted by Crippen LogP contribution is -2.19. The van der Waals surface area contributed by atoms with E-state index >= 15 is 0 Å². The van der Waals surface area contributed by atoms with Crippen LogP contribution >= 0.6 is 23.1 Å². The van der Waals surface area contributed by atoms with Gasteiger partial charge in [-0.2, -0.15) is 0 Å². The molecule has 1 aliphatic rings. The molecule has 1 aliphatic heterocycles. The molecule has 0 saturated heterocycles. The van der Waals surface area contributed by atoms with Crippen LogP contribution in [0.1, 0.15) is 10.6 Å². The second-order valence-electron chi connectivity index (χ2n) is 6.58. The van der Waals surface area contributed by atoms with Crippen LogP contribution in [0.15, 0.2) is 34.0 Å². The number of thioether (sulfide) groups is 1. The van der Waals surface area contributed by atoms with Gasteiger partial charge >= 0.3 is 0 Å². The van der Waals surface area contributed by atoms with E-state index in [2.05, 4.69) is 15.4 Å². The Labute approximate surface area is 180 Å². The summed E-state index contributed by atoms with van der Waals surface area (Å²) < 4.78 is 24.7. The molecule has 3 N–H and O–H groups in total. The summed E-state index contributed by atoms with van der Waals surface area (Å²) in [6, 6.07) is 5.58. The molecular weight excluding hydrogens is 426 g/mol. The highest BCUT2D eigenvalue weighted by Crippen LogP contribution is 2.38. The highest BCUT2D eigenvalue weighted by atomic mass is 32.2. The number of thiazole rings is 1. The van der Waals surface area contributed by atoms with Crippen molar-refractivity contribution in [3.8, 4) is 23.0 Å². The summed E-state index contributed by atoms with van der Waals surface area (Å²) in [4.78, 5) is 9.99. The lowest BCUT2D eigenvalue weighted by Gasteiger charge is -2.08. The topological polar surface area (TPSA) is 110 Å². The van der Waals surface area contributed by atoms with E-state index in [9.17, 15) is 0 Å². The first-order valence-electron chi connectivity index (χ1n) is 9.06. The third-order valence-electron chi connectivity index (χ3n) is 4.68. The second-order valence-corrected chi connectivity index (χ2v) is 8.85. The Kier molecular flexibility index (Phi) is 4.72. The van der Waals surface area contributed by atoms with Crippen molar-refractivity contribution in [3.05, 3.63) is 35.0 Å². The third-order valence-corrected chi connectivity index (χ3v) is 6.53. The molecule has 5 rings (SSSR count). The molecule has 0 saturated carbocycles. The van der Waals surface area contributed by atoms with Gasteiger partial charge in [-0.05, 0) is 24.8 Å². The first-order chi connectivity index (χ1) is 14.5. The van der Waals surface area contributed by atoms with Crippen LogP contribution in [0, 0.1) is 6.92 Å². The molecule has 0 fully saturated rings. The minimum Gasteiger partial charge on any atom is -0.496 e. The average molecular weight is 446 g/mol. The lowest BCUT2D eigenvalue weighted by atomic mass is 10.2. The fraction of sp³-hybridized carbons (Fsp3) is 0.263. The second kappa shape index (κ2) is 7.42. The van der Waals surface area contributed by atoms with Gasteiger partial charge in [0.25, 0.3) is 0 Å². The Bertz CT molecular complexity index is 1210. The number of hydrogen-bond donors (Lipinski definition) is 2. The van der Waals surface area contributed by atoms with Crippen LogP contribution in [-0.4, -0.2) is 34.4 Å². The van der Waals surface area contributed by atoms with E-state index in [1.807, 2.05) is 36.0 Å². The molecule has 0 spiro atoms. The van der Waals surface area contributed by atoms with Crippen molar-refractivity contribution in [1.29, 1.82) is 0 Å². The summed E-state index contributed by atoms with van der Waals surface area (Å²) >= 11 is 2.94. The summed E-state index contributed by atoms with van der Waals surface area (Å²) in [6.45, 7) is 2.28. The fourth-order valence-corrected chi connectivity index (χ4v) is 4.69. The zero-order valence-electron chi connectivity index (χ0n) is 16.5. The van der Waals surface area contributed by atoms with Gasteiger partial charge in [-0.3, -0.25) is 5.43 Å². The molecule has 1 unspecified atom stereocenters. The number of fused-ring (bicyclic) bond motifs is 2. The predicted molar refractivity (Wildman–Crippen MR) is 116 cm³/mol. The zero-order chi connectivity index (χ0) is 20.8. The van der Waals surface area contributed by atoms with E-state index in [0.29, 0.717) is 40.3 Å². The van der Waals surface area contributed by atoms with Crippen molar-refractivity contribution in [2.24, 2.45) is 0 Å². The van der Waals surface area contributed by atoms with Crippen molar-refractivity contribution in [1.82, 2.24) is 14.6 Å². The summed E-state index contributed by atoms with van der Waals surface area (Å²) in [5.41, 5.74) is 11.0. The van der Waals surface area contributed by atoms with E-state index in [1.54, 1.807) is 14.2 Å². The van der Waals surface area contributed by atoms with E-state index in [-0.39, 0.29) is 5.56 Å². The Hall–Kier alpha value is -2.89. The number of ether oxygens (including phenoxy) is 3. The maximum Gasteiger partial charge on any atom is 0.196 e. The number of nitrogens with zero attached hydrogens (tertiary/aromatic N) is 3. The van der Waals surface area contributed by atoms with Gasteiger partial charge in [0, 0.05) is 24.1 Å². The van der Waals surface area contributed by atoms with Crippen LogP contribution in [-0.2, 0) is 11.3 Å². The number of furan rings is 1. The Morgan fingerprint density at radius 2 is 2.13 bits per heavy atom. The normalized spacial score (nSPS) is 15.4. The molecule has 11 heteroatoms. The number of aromatic nitrogens is 3. The number of nitrogen functional groups attached to an aromatic ring is 1. The number of anilines is 1. The number of imidazole rings is 1. The van der Waals surface area contributed by atoms with E-state index in [4.69, 9.17) is 24.4 Å². The van der Waals surface area contributed by atoms with Gasteiger partial charge in [-0.1, -0.05) is 0 Å². The first-order valence-corrected chi connectivity index (χ1v) is 10.8. The van der Waals surface area contributed by atoms with Crippen LogP contribution < -0.4 is 20.6 Å². The van der Waals surface area contributed by atoms with Gasteiger partial charge < -0.3 is 24.4 Å². The Morgan fingerprint density at radius 1 is 1.27 bits per heavy atom. The Balaban J connectivity index is 1.48. The van der Waals surface area contributed by atoms with Crippen molar-refractivity contribution in [3.63, 3.8) is 0 Å². The highest BCUT2D eigenvalue weighted by molar-refractivity contribution is 7.99. The van der Waals surface area contributed by atoms with Gasteiger partial charge in [0.05, 0.1) is 24.4 Å². The molecule has 9 nitrogen and oxygen atoms in total. The molecule has 0 bridgehead atoms. The number of nitrogens with one attached hydrogen (secondary N) is 1. The van der Waals surface area contributed by atoms with Crippen LogP contribution in [0.5, 0.6) is 11.5 Å². The van der Waals surface area contributed by atoms with E-state index in [0.717, 1.165) is 21.1 Å². The maximum absolute atomic E-state index is 6.07. The minimum atomic E-state index is -0.148. The molecule has 30 heavy (non-hydrogen) atoms. The summed E-state index contributed by atoms with van der Waals surface area (Å²) in [6.07, 6.45) is 1.87. The number of benzene rings is 1. The largest absolute Gasteiger partial charge is 0.496 e. The van der Waals surface area contributed by atoms with Gasteiger partial charge in [0.2, 0.25) is 0 Å². The molecule has 0 amide bonds. The van der Waals surface area contributed by atoms with E-state index in [1.165, 1.54) is 23.1 Å². The van der Waals surface area contributed by atoms with Crippen molar-refractivity contribution >= 4 is 39.2 Å². The van der Waals surface area contributed by atoms with Crippen LogP contribution in [0.25, 0.3) is 22.4 Å². The van der Waals surface area contributed by atoms with Crippen molar-refractivity contribution < 1.29 is 18.6 Å². The van der Waals surface area contributed by atoms with Gasteiger partial charge in [0.1, 0.15) is 29.4 Å². The monoisotopic (exact) mass is 445 g/mol. The molecular formula is C19H19N5O4S2. The lowest BCUT2D eigenvalue weighted by molar-refractivity contribution is 0.187. The smallest absolute Gasteiger partial charge is 0.196 e. The summed E-state index contributed by atoms with van der Waals surface area (Å²) in [7, 11) is 3.25. The van der Waals surface area contributed by atoms with Gasteiger partial charge in [-0.15, -0.1) is 11.3 Å². The zero-order valence-corrected chi connectivity index (χ0v) is 18.1. The minimum absolute atomic E-state index is 0.148. The SMILES string of the molecule is COc1cc(OCc2nc(N)sc2C)c2cc(-c3cn4c(n3)SC(OC)N4)oc2c1. The fourth-order valence-electron chi connectivity index (χ4n) is 3.17. The molecule has 4 aromatic rings. The van der Waals surface area contributed by atoms with Crippen molar-refractivity contribution in [2.45, 2.75) is 24.2 Å². The standard InChI is InChI=1S/C19H19N5O4S2/c1-9-13(21-17(20)29-9)8-27-14-4-10(25-2)5-15-11(14)6-16(28-15)12-7-24-18(22-12)30-19(23-24)26-3/h4-7,19,23H,8H2,1-3H3,(H2,20,21). The average Bonchev–Trinajstić information content (AvgIpc) is 3.47. The molecule has 1 atom stereocenters.